The second kappa shape index (κ2) is 4.50. The van der Waals surface area contributed by atoms with Gasteiger partial charge >= 0.3 is 0 Å². The number of hydrogen-bond donors (Lipinski definition) is 0. The van der Waals surface area contributed by atoms with Crippen LogP contribution in [0.25, 0.3) is 0 Å². The van der Waals surface area contributed by atoms with Crippen LogP contribution in [0.5, 0.6) is 0 Å². The Morgan fingerprint density at radius 2 is 2.09 bits per heavy atom. The van der Waals surface area contributed by atoms with Gasteiger partial charge in [0.25, 0.3) is 0 Å². The Labute approximate surface area is 67.9 Å². The molecule has 0 saturated heterocycles. The molecule has 0 spiro atoms. The van der Waals surface area contributed by atoms with Gasteiger partial charge in [-0.05, 0) is 12.8 Å². The maximum Gasteiger partial charge on any atom is 0.138 e. The molecule has 11 heavy (non-hydrogen) atoms. The topological polar surface area (TPSA) is 26.3 Å². The minimum Gasteiger partial charge on any atom is -0.384 e. The van der Waals surface area contributed by atoms with Gasteiger partial charge in [0.2, 0.25) is 0 Å². The summed E-state index contributed by atoms with van der Waals surface area (Å²) < 4.78 is 4.85. The minimum atomic E-state index is 0.366. The predicted octanol–water partition coefficient (Wildman–Crippen LogP) is 1.78. The smallest absolute Gasteiger partial charge is 0.138 e. The Morgan fingerprint density at radius 3 is 2.64 bits per heavy atom. The molecule has 0 aromatic heterocycles. The molecule has 0 bridgehead atoms. The fourth-order valence-electron chi connectivity index (χ4n) is 1.65. The highest BCUT2D eigenvalue weighted by Gasteiger charge is 2.21. The molecule has 0 radical (unpaired) electrons. The summed E-state index contributed by atoms with van der Waals surface area (Å²) in [6.45, 7) is 0.593. The molecule has 1 rings (SSSR count). The second-order valence-electron chi connectivity index (χ2n) is 3.19. The fourth-order valence-corrected chi connectivity index (χ4v) is 1.65. The van der Waals surface area contributed by atoms with Crippen LogP contribution in [0, 0.1) is 5.92 Å². The lowest BCUT2D eigenvalue weighted by Crippen LogP contribution is -2.12. The lowest BCUT2D eigenvalue weighted by Gasteiger charge is -2.05. The first kappa shape index (κ1) is 8.72. The lowest BCUT2D eigenvalue weighted by atomic mass is 10.0. The number of ether oxygens (including phenoxy) is 1. The molecule has 0 amide bonds. The summed E-state index contributed by atoms with van der Waals surface area (Å²) >= 11 is 0. The van der Waals surface area contributed by atoms with Crippen molar-refractivity contribution in [1.82, 2.24) is 0 Å². The van der Waals surface area contributed by atoms with E-state index in [1.807, 2.05) is 0 Å². The Bertz CT molecular complexity index is 126. The van der Waals surface area contributed by atoms with Crippen LogP contribution in [0.15, 0.2) is 0 Å². The number of Topliss-reactive ketones (excluding diaryl/α,β-unsaturated/α-hetero) is 1. The third-order valence-electron chi connectivity index (χ3n) is 2.36. The standard InChI is InChI=1S/C9H16O2/c1-11-7-6-9(10)8-4-2-3-5-8/h8H,2-7H2,1H3. The number of hydrogen-bond acceptors (Lipinski definition) is 2. The van der Waals surface area contributed by atoms with Crippen LogP contribution in [0.2, 0.25) is 0 Å². The number of ketones is 1. The molecule has 2 heteroatoms. The van der Waals surface area contributed by atoms with Crippen molar-refractivity contribution >= 4 is 5.78 Å². The molecule has 0 aromatic carbocycles. The molecule has 64 valence electrons. The molecule has 0 aliphatic heterocycles. The average Bonchev–Trinajstić information content (AvgIpc) is 2.52. The van der Waals surface area contributed by atoms with Gasteiger partial charge in [0.1, 0.15) is 5.78 Å². The van der Waals surface area contributed by atoms with E-state index in [2.05, 4.69) is 0 Å². The average molecular weight is 156 g/mol. The fraction of sp³-hybridized carbons (Fsp3) is 0.889. The van der Waals surface area contributed by atoms with Crippen molar-refractivity contribution < 1.29 is 9.53 Å². The molecule has 0 atom stereocenters. The zero-order valence-corrected chi connectivity index (χ0v) is 7.14. The molecule has 0 heterocycles. The molecule has 0 unspecified atom stereocenters. The van der Waals surface area contributed by atoms with E-state index in [9.17, 15) is 4.79 Å². The summed E-state index contributed by atoms with van der Waals surface area (Å²) in [7, 11) is 1.64. The number of rotatable bonds is 4. The zero-order chi connectivity index (χ0) is 8.10. The van der Waals surface area contributed by atoms with Crippen molar-refractivity contribution in [2.24, 2.45) is 5.92 Å². The SMILES string of the molecule is COCCC(=O)C1CCCC1. The normalized spacial score (nSPS) is 19.0. The van der Waals surface area contributed by atoms with E-state index in [1.54, 1.807) is 7.11 Å². The maximum absolute atomic E-state index is 11.3. The highest BCUT2D eigenvalue weighted by atomic mass is 16.5. The molecule has 1 fully saturated rings. The van der Waals surface area contributed by atoms with Gasteiger partial charge in [0.15, 0.2) is 0 Å². The molecule has 0 N–H and O–H groups in total. The van der Waals surface area contributed by atoms with E-state index in [0.29, 0.717) is 24.7 Å². The van der Waals surface area contributed by atoms with Crippen LogP contribution in [0.4, 0.5) is 0 Å². The van der Waals surface area contributed by atoms with Gasteiger partial charge in [-0.1, -0.05) is 12.8 Å². The van der Waals surface area contributed by atoms with Crippen molar-refractivity contribution in [2.75, 3.05) is 13.7 Å². The molecular weight excluding hydrogens is 140 g/mol. The summed E-state index contributed by atoms with van der Waals surface area (Å²) in [5, 5.41) is 0. The van der Waals surface area contributed by atoms with Crippen LogP contribution >= 0.6 is 0 Å². The minimum absolute atomic E-state index is 0.366. The summed E-state index contributed by atoms with van der Waals surface area (Å²) in [5.74, 6) is 0.773. The van der Waals surface area contributed by atoms with Crippen LogP contribution < -0.4 is 0 Å². The van der Waals surface area contributed by atoms with Gasteiger partial charge in [-0.15, -0.1) is 0 Å². The van der Waals surface area contributed by atoms with Crippen molar-refractivity contribution in [3.05, 3.63) is 0 Å². The van der Waals surface area contributed by atoms with Crippen molar-refractivity contribution in [3.8, 4) is 0 Å². The van der Waals surface area contributed by atoms with Crippen LogP contribution in [0.1, 0.15) is 32.1 Å². The van der Waals surface area contributed by atoms with Gasteiger partial charge in [0.05, 0.1) is 6.61 Å². The number of methoxy groups -OCH3 is 1. The van der Waals surface area contributed by atoms with Crippen LogP contribution in [0.3, 0.4) is 0 Å². The lowest BCUT2D eigenvalue weighted by molar-refractivity contribution is -0.123. The highest BCUT2D eigenvalue weighted by Crippen LogP contribution is 2.26. The molecule has 2 nitrogen and oxygen atoms in total. The Kier molecular flexibility index (Phi) is 3.57. The first-order chi connectivity index (χ1) is 5.34. The van der Waals surface area contributed by atoms with Gasteiger partial charge in [-0.25, -0.2) is 0 Å². The predicted molar refractivity (Wildman–Crippen MR) is 43.5 cm³/mol. The maximum atomic E-state index is 11.3. The van der Waals surface area contributed by atoms with E-state index in [0.717, 1.165) is 12.8 Å². The Balaban J connectivity index is 2.17. The van der Waals surface area contributed by atoms with E-state index in [4.69, 9.17) is 4.74 Å². The van der Waals surface area contributed by atoms with Crippen LogP contribution in [-0.2, 0) is 9.53 Å². The Hall–Kier alpha value is -0.370. The molecular formula is C9H16O2. The number of carbonyl (C=O) groups excluding carboxylic acids is 1. The van der Waals surface area contributed by atoms with Gasteiger partial charge < -0.3 is 4.74 Å². The van der Waals surface area contributed by atoms with Gasteiger partial charge in [0, 0.05) is 19.4 Å². The van der Waals surface area contributed by atoms with Crippen LogP contribution in [-0.4, -0.2) is 19.5 Å². The summed E-state index contributed by atoms with van der Waals surface area (Å²) in [6, 6.07) is 0. The summed E-state index contributed by atoms with van der Waals surface area (Å²) in [6.07, 6.45) is 5.32. The first-order valence-electron chi connectivity index (χ1n) is 4.36. The second-order valence-corrected chi connectivity index (χ2v) is 3.19. The molecule has 1 aliphatic carbocycles. The zero-order valence-electron chi connectivity index (χ0n) is 7.14. The molecule has 1 aliphatic rings. The third-order valence-corrected chi connectivity index (χ3v) is 2.36. The van der Waals surface area contributed by atoms with Gasteiger partial charge in [-0.3, -0.25) is 4.79 Å². The van der Waals surface area contributed by atoms with Crippen molar-refractivity contribution in [3.63, 3.8) is 0 Å². The van der Waals surface area contributed by atoms with E-state index < -0.39 is 0 Å². The van der Waals surface area contributed by atoms with E-state index in [-0.39, 0.29) is 0 Å². The van der Waals surface area contributed by atoms with E-state index in [1.165, 1.54) is 12.8 Å². The molecule has 1 saturated carbocycles. The summed E-state index contributed by atoms with van der Waals surface area (Å²) in [5.41, 5.74) is 0. The summed E-state index contributed by atoms with van der Waals surface area (Å²) in [4.78, 5) is 11.3. The monoisotopic (exact) mass is 156 g/mol. The van der Waals surface area contributed by atoms with Gasteiger partial charge in [-0.2, -0.15) is 0 Å². The van der Waals surface area contributed by atoms with E-state index >= 15 is 0 Å². The largest absolute Gasteiger partial charge is 0.384 e. The highest BCUT2D eigenvalue weighted by molar-refractivity contribution is 5.81. The third kappa shape index (κ3) is 2.62. The van der Waals surface area contributed by atoms with Crippen molar-refractivity contribution in [2.45, 2.75) is 32.1 Å². The quantitative estimate of drug-likeness (QED) is 0.620. The van der Waals surface area contributed by atoms with Crippen molar-refractivity contribution in [1.29, 1.82) is 0 Å². The number of carbonyl (C=O) groups is 1. The first-order valence-corrected chi connectivity index (χ1v) is 4.36. The Morgan fingerprint density at radius 1 is 1.45 bits per heavy atom. The molecule has 0 aromatic rings.